The van der Waals surface area contributed by atoms with E-state index in [1.54, 1.807) is 6.07 Å². The molecule has 0 spiro atoms. The molecule has 1 aliphatic heterocycles. The summed E-state index contributed by atoms with van der Waals surface area (Å²) in [5.41, 5.74) is 1.77. The molecule has 1 heterocycles. The standard InChI is InChI=1S/C13H18N2O3/c1-2-10-3-4-12(13(9-10)15(16)17)14-11-5-7-18-8-6-11/h3-4,9,11,14H,2,5-8H2,1H3. The molecule has 18 heavy (non-hydrogen) atoms. The van der Waals surface area contributed by atoms with Crippen LogP contribution in [0.2, 0.25) is 0 Å². The fraction of sp³-hybridized carbons (Fsp3) is 0.538. The van der Waals surface area contributed by atoms with Crippen LogP contribution in [-0.2, 0) is 11.2 Å². The summed E-state index contributed by atoms with van der Waals surface area (Å²) in [5, 5.41) is 14.3. The maximum atomic E-state index is 11.1. The van der Waals surface area contributed by atoms with E-state index in [0.717, 1.165) is 38.0 Å². The Morgan fingerprint density at radius 2 is 2.17 bits per heavy atom. The first-order valence-corrected chi connectivity index (χ1v) is 6.32. The summed E-state index contributed by atoms with van der Waals surface area (Å²) in [6, 6.07) is 5.67. The molecule has 0 bridgehead atoms. The smallest absolute Gasteiger partial charge is 0.292 e. The molecule has 1 aromatic carbocycles. The minimum absolute atomic E-state index is 0.167. The summed E-state index contributed by atoms with van der Waals surface area (Å²) < 4.78 is 5.28. The molecule has 0 aromatic heterocycles. The monoisotopic (exact) mass is 250 g/mol. The number of rotatable bonds is 4. The molecule has 0 radical (unpaired) electrons. The summed E-state index contributed by atoms with van der Waals surface area (Å²) in [6.07, 6.45) is 2.59. The first-order chi connectivity index (χ1) is 8.70. The summed E-state index contributed by atoms with van der Waals surface area (Å²) in [4.78, 5) is 10.8. The molecular weight excluding hydrogens is 232 g/mol. The molecule has 1 aliphatic rings. The number of hydrogen-bond acceptors (Lipinski definition) is 4. The van der Waals surface area contributed by atoms with Crippen LogP contribution >= 0.6 is 0 Å². The predicted molar refractivity (Wildman–Crippen MR) is 69.9 cm³/mol. The lowest BCUT2D eigenvalue weighted by Crippen LogP contribution is -2.28. The van der Waals surface area contributed by atoms with Gasteiger partial charge in [-0.1, -0.05) is 13.0 Å². The minimum atomic E-state index is -0.319. The summed E-state index contributed by atoms with van der Waals surface area (Å²) in [7, 11) is 0. The van der Waals surface area contributed by atoms with E-state index in [1.165, 1.54) is 0 Å². The molecule has 1 aromatic rings. The van der Waals surface area contributed by atoms with Gasteiger partial charge in [0.2, 0.25) is 0 Å². The lowest BCUT2D eigenvalue weighted by Gasteiger charge is -2.24. The fourth-order valence-corrected chi connectivity index (χ4v) is 2.13. The van der Waals surface area contributed by atoms with Crippen molar-refractivity contribution >= 4 is 11.4 Å². The zero-order valence-corrected chi connectivity index (χ0v) is 10.5. The maximum Gasteiger partial charge on any atom is 0.292 e. The highest BCUT2D eigenvalue weighted by molar-refractivity contribution is 5.63. The van der Waals surface area contributed by atoms with Gasteiger partial charge in [-0.3, -0.25) is 10.1 Å². The van der Waals surface area contributed by atoms with Gasteiger partial charge in [0, 0.05) is 25.3 Å². The van der Waals surface area contributed by atoms with Crippen molar-refractivity contribution in [3.8, 4) is 0 Å². The van der Waals surface area contributed by atoms with Crippen LogP contribution in [-0.4, -0.2) is 24.2 Å². The predicted octanol–water partition coefficient (Wildman–Crippen LogP) is 2.75. The first-order valence-electron chi connectivity index (χ1n) is 6.32. The Labute approximate surface area is 106 Å². The van der Waals surface area contributed by atoms with E-state index in [0.29, 0.717) is 5.69 Å². The van der Waals surface area contributed by atoms with Crippen molar-refractivity contribution in [1.29, 1.82) is 0 Å². The van der Waals surface area contributed by atoms with Crippen LogP contribution in [0, 0.1) is 10.1 Å². The van der Waals surface area contributed by atoms with Crippen LogP contribution in [0.1, 0.15) is 25.3 Å². The molecule has 1 N–H and O–H groups in total. The van der Waals surface area contributed by atoms with Crippen molar-refractivity contribution in [2.75, 3.05) is 18.5 Å². The lowest BCUT2D eigenvalue weighted by molar-refractivity contribution is -0.384. The van der Waals surface area contributed by atoms with Gasteiger partial charge in [-0.05, 0) is 30.9 Å². The molecule has 98 valence electrons. The molecule has 0 amide bonds. The Balaban J connectivity index is 2.17. The third-order valence-corrected chi connectivity index (χ3v) is 3.25. The first kappa shape index (κ1) is 12.8. The summed E-state index contributed by atoms with van der Waals surface area (Å²) in [6.45, 7) is 3.43. The van der Waals surface area contributed by atoms with Gasteiger partial charge in [-0.2, -0.15) is 0 Å². The average molecular weight is 250 g/mol. The zero-order chi connectivity index (χ0) is 13.0. The largest absolute Gasteiger partial charge is 0.381 e. The highest BCUT2D eigenvalue weighted by atomic mass is 16.6. The van der Waals surface area contributed by atoms with Gasteiger partial charge in [0.15, 0.2) is 0 Å². The number of ether oxygens (including phenoxy) is 1. The number of nitrogens with zero attached hydrogens (tertiary/aromatic N) is 1. The number of nitro benzene ring substituents is 1. The Bertz CT molecular complexity index is 428. The SMILES string of the molecule is CCc1ccc(NC2CCOCC2)c([N+](=O)[O-])c1. The second-order valence-electron chi connectivity index (χ2n) is 4.49. The normalized spacial score (nSPS) is 16.5. The van der Waals surface area contributed by atoms with Crippen molar-refractivity contribution in [3.05, 3.63) is 33.9 Å². The molecule has 1 saturated heterocycles. The second kappa shape index (κ2) is 5.82. The zero-order valence-electron chi connectivity index (χ0n) is 10.5. The Morgan fingerprint density at radius 3 is 2.78 bits per heavy atom. The molecular formula is C13H18N2O3. The molecule has 0 saturated carbocycles. The van der Waals surface area contributed by atoms with Crippen LogP contribution in [0.5, 0.6) is 0 Å². The van der Waals surface area contributed by atoms with Crippen molar-refractivity contribution in [3.63, 3.8) is 0 Å². The number of anilines is 1. The van der Waals surface area contributed by atoms with E-state index in [2.05, 4.69) is 5.32 Å². The third-order valence-electron chi connectivity index (χ3n) is 3.25. The number of benzene rings is 1. The minimum Gasteiger partial charge on any atom is -0.381 e. The van der Waals surface area contributed by atoms with Gasteiger partial charge in [0.05, 0.1) is 4.92 Å². The molecule has 1 fully saturated rings. The topological polar surface area (TPSA) is 64.4 Å². The number of hydrogen-bond donors (Lipinski definition) is 1. The highest BCUT2D eigenvalue weighted by Crippen LogP contribution is 2.27. The Hall–Kier alpha value is -1.62. The van der Waals surface area contributed by atoms with E-state index in [-0.39, 0.29) is 16.7 Å². The van der Waals surface area contributed by atoms with Gasteiger partial charge in [0.1, 0.15) is 5.69 Å². The van der Waals surface area contributed by atoms with Gasteiger partial charge in [-0.25, -0.2) is 0 Å². The van der Waals surface area contributed by atoms with Crippen LogP contribution in [0.15, 0.2) is 18.2 Å². The molecule has 0 aliphatic carbocycles. The van der Waals surface area contributed by atoms with Crippen molar-refractivity contribution in [2.24, 2.45) is 0 Å². The van der Waals surface area contributed by atoms with Crippen molar-refractivity contribution in [2.45, 2.75) is 32.2 Å². The van der Waals surface area contributed by atoms with Crippen LogP contribution < -0.4 is 5.32 Å². The third kappa shape index (κ3) is 2.98. The van der Waals surface area contributed by atoms with Crippen LogP contribution in [0.4, 0.5) is 11.4 Å². The molecule has 2 rings (SSSR count). The van der Waals surface area contributed by atoms with E-state index in [1.807, 2.05) is 19.1 Å². The van der Waals surface area contributed by atoms with Gasteiger partial charge in [-0.15, -0.1) is 0 Å². The van der Waals surface area contributed by atoms with E-state index < -0.39 is 0 Å². The lowest BCUT2D eigenvalue weighted by atomic mass is 10.1. The molecule has 0 unspecified atom stereocenters. The number of nitrogens with one attached hydrogen (secondary N) is 1. The van der Waals surface area contributed by atoms with Crippen LogP contribution in [0.3, 0.4) is 0 Å². The quantitative estimate of drug-likeness (QED) is 0.659. The van der Waals surface area contributed by atoms with E-state index >= 15 is 0 Å². The molecule has 0 atom stereocenters. The Kier molecular flexibility index (Phi) is 4.15. The Morgan fingerprint density at radius 1 is 1.44 bits per heavy atom. The molecule has 5 nitrogen and oxygen atoms in total. The number of nitro groups is 1. The van der Waals surface area contributed by atoms with Gasteiger partial charge in [0.25, 0.3) is 5.69 Å². The van der Waals surface area contributed by atoms with E-state index in [9.17, 15) is 10.1 Å². The van der Waals surface area contributed by atoms with Crippen LogP contribution in [0.25, 0.3) is 0 Å². The van der Waals surface area contributed by atoms with E-state index in [4.69, 9.17) is 4.74 Å². The molecule has 5 heteroatoms. The van der Waals surface area contributed by atoms with Crippen molar-refractivity contribution in [1.82, 2.24) is 0 Å². The van der Waals surface area contributed by atoms with Gasteiger partial charge >= 0.3 is 0 Å². The summed E-state index contributed by atoms with van der Waals surface area (Å²) in [5.74, 6) is 0. The second-order valence-corrected chi connectivity index (χ2v) is 4.49. The average Bonchev–Trinajstić information content (AvgIpc) is 2.40. The fourth-order valence-electron chi connectivity index (χ4n) is 2.13. The van der Waals surface area contributed by atoms with Crippen molar-refractivity contribution < 1.29 is 9.66 Å². The number of aryl methyl sites for hydroxylation is 1. The summed E-state index contributed by atoms with van der Waals surface area (Å²) >= 11 is 0. The van der Waals surface area contributed by atoms with Gasteiger partial charge < -0.3 is 10.1 Å². The highest BCUT2D eigenvalue weighted by Gasteiger charge is 2.19. The maximum absolute atomic E-state index is 11.1.